The number of carbonyl (C=O) groups excluding carboxylic acids is 2. The maximum absolute atomic E-state index is 12.6. The van der Waals surface area contributed by atoms with Crippen molar-refractivity contribution >= 4 is 33.4 Å². The Labute approximate surface area is 179 Å². The molecule has 0 unspecified atom stereocenters. The molecule has 2 aromatic heterocycles. The number of aromatic nitrogens is 3. The van der Waals surface area contributed by atoms with E-state index in [0.29, 0.717) is 24.7 Å². The van der Waals surface area contributed by atoms with Crippen molar-refractivity contribution in [2.24, 2.45) is 5.92 Å². The fourth-order valence-corrected chi connectivity index (χ4v) is 4.87. The molecule has 0 spiro atoms. The van der Waals surface area contributed by atoms with Gasteiger partial charge in [-0.15, -0.1) is 11.3 Å². The molecule has 8 heteroatoms. The Morgan fingerprint density at radius 2 is 2.07 bits per heavy atom. The normalized spacial score (nSPS) is 16.1. The van der Waals surface area contributed by atoms with Crippen LogP contribution < -0.4 is 5.32 Å². The van der Waals surface area contributed by atoms with E-state index in [1.807, 2.05) is 33.9 Å². The van der Waals surface area contributed by atoms with Gasteiger partial charge in [0.1, 0.15) is 0 Å². The Kier molecular flexibility index (Phi) is 5.25. The molecule has 3 aromatic rings. The average molecular weight is 424 g/mol. The summed E-state index contributed by atoms with van der Waals surface area (Å²) in [6.45, 7) is 2.73. The molecular weight excluding hydrogens is 398 g/mol. The Morgan fingerprint density at radius 3 is 2.90 bits per heavy atom. The van der Waals surface area contributed by atoms with E-state index in [-0.39, 0.29) is 11.8 Å². The first-order valence-electron chi connectivity index (χ1n) is 10.6. The van der Waals surface area contributed by atoms with Gasteiger partial charge in [0.05, 0.1) is 27.5 Å². The predicted octanol–water partition coefficient (Wildman–Crippen LogP) is 3.00. The van der Waals surface area contributed by atoms with Crippen LogP contribution in [0.5, 0.6) is 0 Å². The van der Waals surface area contributed by atoms with Crippen molar-refractivity contribution in [1.82, 2.24) is 24.8 Å². The number of hydrogen-bond acceptors (Lipinski definition) is 5. The van der Waals surface area contributed by atoms with E-state index in [0.717, 1.165) is 48.7 Å². The molecule has 156 valence electrons. The van der Waals surface area contributed by atoms with Crippen molar-refractivity contribution in [3.8, 4) is 0 Å². The summed E-state index contributed by atoms with van der Waals surface area (Å²) in [4.78, 5) is 35.9. The third-order valence-electron chi connectivity index (χ3n) is 5.69. The predicted molar refractivity (Wildman–Crippen MR) is 115 cm³/mol. The van der Waals surface area contributed by atoms with Gasteiger partial charge in [-0.25, -0.2) is 9.97 Å². The number of imidazole rings is 1. The molecule has 30 heavy (non-hydrogen) atoms. The summed E-state index contributed by atoms with van der Waals surface area (Å²) in [5.74, 6) is 1.20. The highest BCUT2D eigenvalue weighted by Crippen LogP contribution is 2.30. The highest BCUT2D eigenvalue weighted by atomic mass is 32.1. The molecule has 0 atom stereocenters. The van der Waals surface area contributed by atoms with E-state index in [1.54, 1.807) is 11.3 Å². The second-order valence-corrected chi connectivity index (χ2v) is 9.26. The van der Waals surface area contributed by atoms with Crippen molar-refractivity contribution in [3.05, 3.63) is 47.0 Å². The van der Waals surface area contributed by atoms with Crippen molar-refractivity contribution in [3.63, 3.8) is 0 Å². The van der Waals surface area contributed by atoms with Gasteiger partial charge in [0.25, 0.3) is 5.91 Å². The highest BCUT2D eigenvalue weighted by molar-refractivity contribution is 7.18. The number of nitrogens with zero attached hydrogens (tertiary/aromatic N) is 4. The van der Waals surface area contributed by atoms with Gasteiger partial charge < -0.3 is 14.8 Å². The lowest BCUT2D eigenvalue weighted by Gasteiger charge is -2.27. The standard InChI is InChI=1S/C22H25N5O2S/c28-19(6-3-7-20-25-17-4-1-2-5-18(17)30-20)23-12-16-14-26-10-11-27(13-15-8-9-15)22(29)21(26)24-16/h1-2,4-5,14-15H,3,6-13H2,(H,23,28). The number of thiazole rings is 1. The van der Waals surface area contributed by atoms with Crippen LogP contribution in [0, 0.1) is 5.92 Å². The minimum absolute atomic E-state index is 0.00349. The molecule has 0 saturated heterocycles. The first-order valence-corrected chi connectivity index (χ1v) is 11.4. The molecule has 1 aliphatic carbocycles. The number of nitrogens with one attached hydrogen (secondary N) is 1. The van der Waals surface area contributed by atoms with Gasteiger partial charge >= 0.3 is 0 Å². The lowest BCUT2D eigenvalue weighted by molar-refractivity contribution is -0.121. The van der Waals surface area contributed by atoms with Gasteiger partial charge in [-0.05, 0) is 43.7 Å². The molecule has 2 aliphatic rings. The summed E-state index contributed by atoms with van der Waals surface area (Å²) in [6, 6.07) is 8.10. The zero-order valence-corrected chi connectivity index (χ0v) is 17.7. The second kappa shape index (κ2) is 8.18. The average Bonchev–Trinajstić information content (AvgIpc) is 3.30. The smallest absolute Gasteiger partial charge is 0.289 e. The number of para-hydroxylation sites is 1. The van der Waals surface area contributed by atoms with Crippen LogP contribution in [0.3, 0.4) is 0 Å². The SMILES string of the molecule is O=C(CCCc1nc2ccccc2s1)NCc1cn2c(n1)C(=O)N(CC1CC1)CC2. The fourth-order valence-electron chi connectivity index (χ4n) is 3.86. The molecular formula is C22H25N5O2S. The van der Waals surface area contributed by atoms with Crippen LogP contribution in [0.2, 0.25) is 0 Å². The second-order valence-electron chi connectivity index (χ2n) is 8.15. The van der Waals surface area contributed by atoms with Crippen LogP contribution in [0.4, 0.5) is 0 Å². The maximum Gasteiger partial charge on any atom is 0.289 e. The van der Waals surface area contributed by atoms with Gasteiger partial charge in [0.15, 0.2) is 5.82 Å². The monoisotopic (exact) mass is 423 g/mol. The number of rotatable bonds is 8. The molecule has 3 heterocycles. The zero-order chi connectivity index (χ0) is 20.5. The summed E-state index contributed by atoms with van der Waals surface area (Å²) in [6.07, 6.45) is 6.38. The summed E-state index contributed by atoms with van der Waals surface area (Å²) < 4.78 is 3.10. The topological polar surface area (TPSA) is 80.1 Å². The number of hydrogen-bond donors (Lipinski definition) is 1. The van der Waals surface area contributed by atoms with Crippen LogP contribution in [-0.4, -0.2) is 44.3 Å². The molecule has 0 radical (unpaired) electrons. The minimum atomic E-state index is 0.00349. The van der Waals surface area contributed by atoms with Crippen molar-refractivity contribution in [2.75, 3.05) is 13.1 Å². The van der Waals surface area contributed by atoms with Crippen molar-refractivity contribution < 1.29 is 9.59 Å². The Hall–Kier alpha value is -2.74. The molecule has 0 bridgehead atoms. The zero-order valence-electron chi connectivity index (χ0n) is 16.8. The Bertz CT molecular complexity index is 1050. The van der Waals surface area contributed by atoms with Crippen molar-refractivity contribution in [2.45, 2.75) is 45.2 Å². The van der Waals surface area contributed by atoms with E-state index < -0.39 is 0 Å². The van der Waals surface area contributed by atoms with E-state index in [2.05, 4.69) is 21.4 Å². The van der Waals surface area contributed by atoms with Crippen molar-refractivity contribution in [1.29, 1.82) is 0 Å². The van der Waals surface area contributed by atoms with Gasteiger partial charge in [-0.1, -0.05) is 12.1 Å². The van der Waals surface area contributed by atoms with Crippen LogP contribution in [-0.2, 0) is 24.3 Å². The number of fused-ring (bicyclic) bond motifs is 2. The number of amides is 2. The van der Waals surface area contributed by atoms with E-state index >= 15 is 0 Å². The Balaban J connectivity index is 1.09. The third-order valence-corrected chi connectivity index (χ3v) is 6.79. The first-order chi connectivity index (χ1) is 14.7. The van der Waals surface area contributed by atoms with Crippen LogP contribution in [0.25, 0.3) is 10.2 Å². The molecule has 7 nitrogen and oxygen atoms in total. The van der Waals surface area contributed by atoms with E-state index in [9.17, 15) is 9.59 Å². The lowest BCUT2D eigenvalue weighted by Crippen LogP contribution is -2.41. The molecule has 1 N–H and O–H groups in total. The highest BCUT2D eigenvalue weighted by Gasteiger charge is 2.31. The van der Waals surface area contributed by atoms with Crippen LogP contribution in [0.1, 0.15) is 47.0 Å². The van der Waals surface area contributed by atoms with Crippen LogP contribution >= 0.6 is 11.3 Å². The Morgan fingerprint density at radius 1 is 1.20 bits per heavy atom. The molecule has 1 aliphatic heterocycles. The quantitative estimate of drug-likeness (QED) is 0.604. The fraction of sp³-hybridized carbons (Fsp3) is 0.455. The van der Waals surface area contributed by atoms with Gasteiger partial charge in [0.2, 0.25) is 5.91 Å². The van der Waals surface area contributed by atoms with Crippen LogP contribution in [0.15, 0.2) is 30.5 Å². The van der Waals surface area contributed by atoms with E-state index in [1.165, 1.54) is 17.5 Å². The molecule has 1 aromatic carbocycles. The molecule has 1 saturated carbocycles. The maximum atomic E-state index is 12.6. The molecule has 5 rings (SSSR count). The first kappa shape index (κ1) is 19.2. The molecule has 2 amide bonds. The number of carbonyl (C=O) groups is 2. The van der Waals surface area contributed by atoms with Gasteiger partial charge in [-0.2, -0.15) is 0 Å². The minimum Gasteiger partial charge on any atom is -0.350 e. The molecule has 1 fully saturated rings. The van der Waals surface area contributed by atoms with Gasteiger partial charge in [-0.3, -0.25) is 9.59 Å². The van der Waals surface area contributed by atoms with E-state index in [4.69, 9.17) is 0 Å². The summed E-state index contributed by atoms with van der Waals surface area (Å²) in [5, 5.41) is 4.00. The summed E-state index contributed by atoms with van der Waals surface area (Å²) >= 11 is 1.69. The number of benzene rings is 1. The summed E-state index contributed by atoms with van der Waals surface area (Å²) in [5.41, 5.74) is 1.77. The largest absolute Gasteiger partial charge is 0.350 e. The third kappa shape index (κ3) is 4.23. The lowest BCUT2D eigenvalue weighted by atomic mass is 10.2. The summed E-state index contributed by atoms with van der Waals surface area (Å²) in [7, 11) is 0. The van der Waals surface area contributed by atoms with Gasteiger partial charge in [0, 0.05) is 32.3 Å². The number of aryl methyl sites for hydroxylation is 1.